The van der Waals surface area contributed by atoms with E-state index in [1.165, 1.54) is 18.9 Å². The molecule has 0 aromatic rings. The summed E-state index contributed by atoms with van der Waals surface area (Å²) in [6.07, 6.45) is 1.32. The van der Waals surface area contributed by atoms with E-state index in [0.29, 0.717) is 77.7 Å². The highest BCUT2D eigenvalue weighted by atomic mass is 32.2. The molecule has 1 saturated heterocycles. The number of imide groups is 1. The number of carboxylic acid groups (broad SMARTS) is 9. The molecule has 46 nitrogen and oxygen atoms in total. The number of amides is 6. The second-order valence-electron chi connectivity index (χ2n) is 29.2. The van der Waals surface area contributed by atoms with Gasteiger partial charge in [-0.3, -0.25) is 96.1 Å². The first kappa shape index (κ1) is 113. The molecule has 14 N–H and O–H groups in total. The maximum absolute atomic E-state index is 14.2. The predicted molar refractivity (Wildman–Crippen MR) is 429 cm³/mol. The zero-order valence-corrected chi connectivity index (χ0v) is 72.6. The van der Waals surface area contributed by atoms with Crippen LogP contribution in [0.2, 0.25) is 0 Å². The van der Waals surface area contributed by atoms with Crippen LogP contribution < -0.4 is 21.3 Å². The summed E-state index contributed by atoms with van der Waals surface area (Å²) in [6, 6.07) is -4.42. The van der Waals surface area contributed by atoms with E-state index in [9.17, 15) is 127 Å². The van der Waals surface area contributed by atoms with Crippen LogP contribution in [-0.2, 0) is 132 Å². The summed E-state index contributed by atoms with van der Waals surface area (Å²) in [5.74, 6) is -16.2. The molecule has 122 heavy (non-hydrogen) atoms. The number of rotatable bonds is 82. The Balaban J connectivity index is 3.12. The van der Waals surface area contributed by atoms with Crippen molar-refractivity contribution >= 4 is 118 Å². The molecule has 6 atom stereocenters. The minimum absolute atomic E-state index is 0.00761. The Morgan fingerprint density at radius 1 is 0.459 bits per heavy atom. The van der Waals surface area contributed by atoms with Gasteiger partial charge in [-0.15, -0.1) is 11.8 Å². The highest BCUT2D eigenvalue weighted by Gasteiger charge is 2.41. The lowest BCUT2D eigenvalue weighted by Gasteiger charge is -2.34. The number of nitrogens with zero attached hydrogens (tertiary/aromatic N) is 4. The summed E-state index contributed by atoms with van der Waals surface area (Å²) >= 11 is 1.27. The van der Waals surface area contributed by atoms with Gasteiger partial charge in [-0.05, 0) is 104 Å². The Kier molecular flexibility index (Phi) is 60.2. The third-order valence-electron chi connectivity index (χ3n) is 17.6. The molecule has 1 aliphatic rings. The highest BCUT2D eigenvalue weighted by Crippen LogP contribution is 2.40. The van der Waals surface area contributed by atoms with E-state index in [1.807, 2.05) is 13.8 Å². The summed E-state index contributed by atoms with van der Waals surface area (Å²) in [4.78, 5) is 199. The minimum atomic E-state index is -2.57. The van der Waals surface area contributed by atoms with Crippen molar-refractivity contribution in [2.24, 2.45) is 0 Å². The van der Waals surface area contributed by atoms with E-state index in [1.54, 1.807) is 13.8 Å². The number of nitrogens with one attached hydrogen (secondary N) is 4. The van der Waals surface area contributed by atoms with Gasteiger partial charge < -0.3 is 128 Å². The quantitative estimate of drug-likeness (QED) is 0.0223. The zero-order valence-electron chi connectivity index (χ0n) is 69.9. The molecule has 0 saturated carbocycles. The van der Waals surface area contributed by atoms with Gasteiger partial charge >= 0.3 is 70.6 Å². The van der Waals surface area contributed by atoms with Crippen LogP contribution in [0.5, 0.6) is 0 Å². The van der Waals surface area contributed by atoms with E-state index >= 15 is 0 Å². The van der Waals surface area contributed by atoms with Gasteiger partial charge in [0.25, 0.3) is 0 Å². The average Bonchev–Trinajstić information content (AvgIpc) is 1.72. The summed E-state index contributed by atoms with van der Waals surface area (Å²) in [6.45, 7) is 2.01. The lowest BCUT2D eigenvalue weighted by atomic mass is 10.0. The maximum atomic E-state index is 14.2. The third kappa shape index (κ3) is 56.5. The van der Waals surface area contributed by atoms with Crippen LogP contribution in [0, 0.1) is 0 Å². The van der Waals surface area contributed by atoms with Crippen LogP contribution in [0.15, 0.2) is 0 Å². The van der Waals surface area contributed by atoms with Crippen molar-refractivity contribution in [3.8, 4) is 0 Å². The van der Waals surface area contributed by atoms with Crippen LogP contribution in [0.1, 0.15) is 143 Å². The molecule has 0 radical (unpaired) electrons. The van der Waals surface area contributed by atoms with Crippen molar-refractivity contribution in [3.05, 3.63) is 0 Å². The first-order chi connectivity index (χ1) is 57.7. The molecule has 702 valence electrons. The van der Waals surface area contributed by atoms with E-state index < -0.39 is 212 Å². The van der Waals surface area contributed by atoms with Crippen LogP contribution >= 0.6 is 28.6 Å². The molecule has 0 aromatic carbocycles. The molecule has 1 rings (SSSR count). The summed E-state index contributed by atoms with van der Waals surface area (Å²) in [5, 5.41) is 94.7. The molecule has 49 heteroatoms. The predicted octanol–water partition coefficient (Wildman–Crippen LogP) is 0.451. The lowest BCUT2D eigenvalue weighted by molar-refractivity contribution is -0.152. The van der Waals surface area contributed by atoms with Gasteiger partial charge in [0.2, 0.25) is 35.4 Å². The van der Waals surface area contributed by atoms with Gasteiger partial charge in [0.15, 0.2) is 0 Å². The summed E-state index contributed by atoms with van der Waals surface area (Å²) in [7, 11) is -3.50. The van der Waals surface area contributed by atoms with Crippen molar-refractivity contribution < 1.29 is 183 Å². The van der Waals surface area contributed by atoms with Crippen LogP contribution in [0.4, 0.5) is 0 Å². The molecule has 0 aliphatic carbocycles. The number of unbranched alkanes of at least 4 members (excludes halogenated alkanes) is 5. The Morgan fingerprint density at radius 2 is 0.811 bits per heavy atom. The Bertz CT molecular complexity index is 2970. The van der Waals surface area contributed by atoms with Gasteiger partial charge in [-0.25, -0.2) is 0 Å². The molecule has 0 spiro atoms. The number of hydrogen-bond acceptors (Lipinski definition) is 33. The minimum Gasteiger partial charge on any atom is -0.480 e. The van der Waals surface area contributed by atoms with Crippen molar-refractivity contribution in [1.82, 2.24) is 40.9 Å². The number of ether oxygens (including phenoxy) is 8. The van der Waals surface area contributed by atoms with Crippen molar-refractivity contribution in [1.29, 1.82) is 0 Å². The first-order valence-electron chi connectivity index (χ1n) is 39.7. The van der Waals surface area contributed by atoms with Gasteiger partial charge in [-0.1, -0.05) is 12.8 Å². The summed E-state index contributed by atoms with van der Waals surface area (Å²) in [5.41, 5.74) is -3.29. The largest absolute Gasteiger partial charge is 0.480 e. The summed E-state index contributed by atoms with van der Waals surface area (Å²) < 4.78 is 78.1. The van der Waals surface area contributed by atoms with Gasteiger partial charge in [0, 0.05) is 65.4 Å². The molecule has 1 heterocycles. The molecule has 1 fully saturated rings. The molecule has 6 unspecified atom stereocenters. The SMILES string of the molecule is CO[PH](=O)OC(C)(C)COCCOCCOCCOCCOCCOP(O)OC(C)(C)CCCCCSC1CC(=O)N(CCC(=O)NC(COCCC(=O)NCCCCC(C(=O)O)N(CC(=O)O)CC(=O)O)(COCCC(=O)NCCCCC(C(=O)O)N(CC(=O)O)CC(=O)O)COCCC(=O)NCCCCC(C(=O)O)N(CC(=O)O)CC(=O)O)C1=O. The van der Waals surface area contributed by atoms with Crippen molar-refractivity contribution in [2.75, 3.05) is 191 Å². The fourth-order valence-electron chi connectivity index (χ4n) is 11.7. The molecule has 0 aromatic heterocycles. The molecular weight excluding hydrogens is 1690 g/mol. The first-order valence-corrected chi connectivity index (χ1v) is 43.1. The third-order valence-corrected chi connectivity index (χ3v) is 21.0. The standard InChI is InChI=1S/C73H126N8O38P2S/c1-71(2,118-121(107)117-39-38-112-35-34-110-31-30-109-32-33-111-36-37-116-48-72(3,4)119-120(106)108-5)22-10-6-14-40-122-55-41-60(86)81(67(55)99)26-18-59(85)77-73(49-113-27-19-56(82)74-23-11-7-15-52(68(100)101)78(42-61(87)88)43-62(89)90,50-114-28-20-57(83)75-24-12-8-16-53(69(102)103)79(44-63(91)92)45-64(93)94)51-115-29-21-58(84)76-25-13-9-17-54(70(104)105)80(46-65(95)96)47-66(97)98/h52-55,107,120H,6-51H2,1-5H3,(H,74,82)(H,75,83)(H,76,84)(H,77,85)(H,87,88)(H,89,90)(H,91,92)(H,93,94)(H,95,96)(H,97,98)(H,100,101)(H,102,103)(H,104,105). The fourth-order valence-corrected chi connectivity index (χ4v) is 14.3. The van der Waals surface area contributed by atoms with Gasteiger partial charge in [0.1, 0.15) is 23.7 Å². The number of aliphatic carboxylic acids is 9. The molecule has 1 aliphatic heterocycles. The molecule has 0 bridgehead atoms. The Hall–Kier alpha value is -7.38. The van der Waals surface area contributed by atoms with E-state index in [-0.39, 0.29) is 156 Å². The monoisotopic (exact) mass is 1820 g/mol. The Labute approximate surface area is 713 Å². The van der Waals surface area contributed by atoms with Gasteiger partial charge in [-0.2, -0.15) is 0 Å². The lowest BCUT2D eigenvalue weighted by Crippen LogP contribution is -2.59. The number of carbonyl (C=O) groups excluding carboxylic acids is 6. The number of thioether (sulfide) groups is 1. The molecule has 6 amide bonds. The van der Waals surface area contributed by atoms with Crippen LogP contribution in [0.25, 0.3) is 0 Å². The van der Waals surface area contributed by atoms with Gasteiger partial charge in [0.05, 0.1) is 168 Å². The topological polar surface area (TPSA) is 647 Å². The number of carbonyl (C=O) groups is 15. The number of likely N-dealkylation sites (tertiary alicyclic amines) is 1. The average molecular weight is 1820 g/mol. The van der Waals surface area contributed by atoms with E-state index in [0.717, 1.165) is 19.6 Å². The van der Waals surface area contributed by atoms with E-state index in [2.05, 4.69) is 25.8 Å². The maximum Gasteiger partial charge on any atom is 0.330 e. The fraction of sp³-hybridized carbons (Fsp3) is 0.795. The smallest absolute Gasteiger partial charge is 0.330 e. The second-order valence-corrected chi connectivity index (χ2v) is 32.5. The number of carboxylic acids is 9. The normalized spacial score (nSPS) is 14.9. The Morgan fingerprint density at radius 3 is 1.16 bits per heavy atom. The number of hydrogen-bond donors (Lipinski definition) is 14. The molecular formula is C73H126N8O38P2S. The zero-order chi connectivity index (χ0) is 91.5. The van der Waals surface area contributed by atoms with Crippen molar-refractivity contribution in [3.63, 3.8) is 0 Å². The van der Waals surface area contributed by atoms with Crippen LogP contribution in [-0.4, -0.2) is 390 Å². The van der Waals surface area contributed by atoms with Crippen LogP contribution in [0.3, 0.4) is 0 Å². The van der Waals surface area contributed by atoms with E-state index in [4.69, 9.17) is 51.5 Å². The van der Waals surface area contributed by atoms with Crippen molar-refractivity contribution in [2.45, 2.75) is 183 Å². The second kappa shape index (κ2) is 65.2. The highest BCUT2D eigenvalue weighted by molar-refractivity contribution is 8.00.